The van der Waals surface area contributed by atoms with Gasteiger partial charge in [-0.3, -0.25) is 4.79 Å². The van der Waals surface area contributed by atoms with E-state index >= 15 is 0 Å². The fourth-order valence-electron chi connectivity index (χ4n) is 3.35. The van der Waals surface area contributed by atoms with E-state index in [0.717, 1.165) is 43.0 Å². The topological polar surface area (TPSA) is 108 Å². The Morgan fingerprint density at radius 2 is 2.00 bits per heavy atom. The molecule has 3 rings (SSSR count). The summed E-state index contributed by atoms with van der Waals surface area (Å²) in [5, 5.41) is 0. The summed E-state index contributed by atoms with van der Waals surface area (Å²) >= 11 is 0. The molecule has 152 valence electrons. The van der Waals surface area contributed by atoms with Crippen molar-refractivity contribution < 1.29 is 8.42 Å². The van der Waals surface area contributed by atoms with Crippen LogP contribution in [-0.4, -0.2) is 48.3 Å². The normalized spacial score (nSPS) is 15.7. The number of aromatic nitrogens is 3. The summed E-state index contributed by atoms with van der Waals surface area (Å²) in [5.41, 5.74) is 1.34. The second kappa shape index (κ2) is 8.83. The van der Waals surface area contributed by atoms with Crippen LogP contribution in [0.3, 0.4) is 0 Å². The lowest BCUT2D eigenvalue weighted by Gasteiger charge is -2.33. The Morgan fingerprint density at radius 1 is 1.25 bits per heavy atom. The Labute approximate surface area is 165 Å². The molecular weight excluding hydrogens is 378 g/mol. The molecule has 2 N–H and O–H groups in total. The minimum atomic E-state index is -3.18. The zero-order valence-corrected chi connectivity index (χ0v) is 17.1. The van der Waals surface area contributed by atoms with Crippen LogP contribution in [0.25, 0.3) is 11.4 Å². The number of piperidine rings is 1. The van der Waals surface area contributed by atoms with Gasteiger partial charge in [0.15, 0.2) is 0 Å². The van der Waals surface area contributed by atoms with E-state index < -0.39 is 10.0 Å². The van der Waals surface area contributed by atoms with Crippen molar-refractivity contribution in [1.29, 1.82) is 0 Å². The Bertz CT molecular complexity index is 948. The molecule has 2 aromatic rings. The maximum atomic E-state index is 11.9. The molecule has 9 heteroatoms. The first-order chi connectivity index (χ1) is 13.4. The number of sulfonamides is 1. The van der Waals surface area contributed by atoms with E-state index in [1.807, 2.05) is 26.0 Å². The summed E-state index contributed by atoms with van der Waals surface area (Å²) < 4.78 is 26.6. The third-order valence-corrected chi connectivity index (χ3v) is 6.45. The monoisotopic (exact) mass is 405 g/mol. The van der Waals surface area contributed by atoms with Gasteiger partial charge in [-0.1, -0.05) is 13.8 Å². The van der Waals surface area contributed by atoms with E-state index in [4.69, 9.17) is 0 Å². The number of H-pyrrole nitrogens is 1. The molecule has 0 aromatic carbocycles. The quantitative estimate of drug-likeness (QED) is 0.726. The lowest BCUT2D eigenvalue weighted by atomic mass is 10.1. The van der Waals surface area contributed by atoms with Crippen molar-refractivity contribution in [2.45, 2.75) is 45.6 Å². The molecule has 1 fully saturated rings. The second-order valence-corrected chi connectivity index (χ2v) is 8.92. The van der Waals surface area contributed by atoms with Crippen LogP contribution < -0.4 is 15.2 Å². The smallest absolute Gasteiger partial charge is 0.251 e. The Balaban J connectivity index is 1.64. The van der Waals surface area contributed by atoms with Crippen LogP contribution in [0, 0.1) is 0 Å². The molecule has 0 bridgehead atoms. The number of aromatic amines is 1. The number of pyridine rings is 1. The van der Waals surface area contributed by atoms with Crippen molar-refractivity contribution >= 4 is 15.8 Å². The van der Waals surface area contributed by atoms with Gasteiger partial charge in [0.2, 0.25) is 10.0 Å². The van der Waals surface area contributed by atoms with Crippen LogP contribution in [0.1, 0.15) is 38.8 Å². The highest BCUT2D eigenvalue weighted by Crippen LogP contribution is 2.21. The fourth-order valence-corrected chi connectivity index (χ4v) is 4.75. The van der Waals surface area contributed by atoms with Crippen molar-refractivity contribution in [3.05, 3.63) is 40.4 Å². The molecular formula is C19H27N5O3S. The second-order valence-electron chi connectivity index (χ2n) is 7.04. The largest absolute Gasteiger partial charge is 0.357 e. The first kappa shape index (κ1) is 20.5. The van der Waals surface area contributed by atoms with E-state index in [0.29, 0.717) is 18.7 Å². The van der Waals surface area contributed by atoms with Crippen molar-refractivity contribution in [1.82, 2.24) is 19.7 Å². The summed E-state index contributed by atoms with van der Waals surface area (Å²) in [6.07, 6.45) is 4.52. The van der Waals surface area contributed by atoms with Crippen LogP contribution in [0.5, 0.6) is 0 Å². The summed E-state index contributed by atoms with van der Waals surface area (Å²) in [6.45, 7) is 5.30. The van der Waals surface area contributed by atoms with Crippen LogP contribution >= 0.6 is 0 Å². The first-order valence-corrected chi connectivity index (χ1v) is 11.4. The molecule has 28 heavy (non-hydrogen) atoms. The molecule has 1 aliphatic rings. The molecule has 0 atom stereocenters. The minimum absolute atomic E-state index is 0.0156. The summed E-state index contributed by atoms with van der Waals surface area (Å²) in [6, 6.07) is 5.30. The highest BCUT2D eigenvalue weighted by Gasteiger charge is 2.23. The van der Waals surface area contributed by atoms with Gasteiger partial charge in [0, 0.05) is 42.7 Å². The van der Waals surface area contributed by atoms with Crippen molar-refractivity contribution in [3.8, 4) is 11.4 Å². The zero-order chi connectivity index (χ0) is 20.1. The van der Waals surface area contributed by atoms with Crippen LogP contribution in [0.4, 0.5) is 5.82 Å². The molecule has 0 saturated carbocycles. The van der Waals surface area contributed by atoms with E-state index in [-0.39, 0.29) is 17.4 Å². The van der Waals surface area contributed by atoms with E-state index in [2.05, 4.69) is 24.6 Å². The predicted molar refractivity (Wildman–Crippen MR) is 110 cm³/mol. The van der Waals surface area contributed by atoms with Gasteiger partial charge in [0.05, 0.1) is 5.75 Å². The molecule has 0 amide bonds. The molecule has 3 heterocycles. The highest BCUT2D eigenvalue weighted by atomic mass is 32.2. The molecule has 1 aliphatic heterocycles. The predicted octanol–water partition coefficient (Wildman–Crippen LogP) is 1.69. The Hall–Kier alpha value is -2.26. The lowest BCUT2D eigenvalue weighted by Crippen LogP contribution is -2.45. The van der Waals surface area contributed by atoms with Crippen molar-refractivity contribution in [3.63, 3.8) is 0 Å². The molecule has 1 saturated heterocycles. The number of rotatable bonds is 7. The number of hydrogen-bond acceptors (Lipinski definition) is 6. The SMILES string of the molecule is CCCS(=O)(=O)NC1CCN(c2ccc(-c3nc(CC)cc(=O)[nH]3)cn2)CC1. The van der Waals surface area contributed by atoms with Gasteiger partial charge in [-0.25, -0.2) is 23.1 Å². The van der Waals surface area contributed by atoms with Gasteiger partial charge in [-0.15, -0.1) is 0 Å². The fraction of sp³-hybridized carbons (Fsp3) is 0.526. The van der Waals surface area contributed by atoms with Crippen molar-refractivity contribution in [2.24, 2.45) is 0 Å². The number of aryl methyl sites for hydroxylation is 1. The van der Waals surface area contributed by atoms with Crippen LogP contribution in [0.15, 0.2) is 29.2 Å². The zero-order valence-electron chi connectivity index (χ0n) is 16.3. The summed E-state index contributed by atoms with van der Waals surface area (Å²) in [7, 11) is -3.18. The number of nitrogens with one attached hydrogen (secondary N) is 2. The van der Waals surface area contributed by atoms with Gasteiger partial charge < -0.3 is 9.88 Å². The maximum Gasteiger partial charge on any atom is 0.251 e. The summed E-state index contributed by atoms with van der Waals surface area (Å²) in [4.78, 5) is 25.6. The molecule has 0 spiro atoms. The van der Waals surface area contributed by atoms with E-state index in [9.17, 15) is 13.2 Å². The molecule has 0 aliphatic carbocycles. The molecule has 2 aromatic heterocycles. The van der Waals surface area contributed by atoms with E-state index in [1.165, 1.54) is 6.07 Å². The molecule has 0 radical (unpaired) electrons. The molecule has 0 unspecified atom stereocenters. The number of hydrogen-bond donors (Lipinski definition) is 2. The lowest BCUT2D eigenvalue weighted by molar-refractivity contribution is 0.458. The van der Waals surface area contributed by atoms with Crippen LogP contribution in [-0.2, 0) is 16.4 Å². The van der Waals surface area contributed by atoms with Gasteiger partial charge in [-0.2, -0.15) is 0 Å². The van der Waals surface area contributed by atoms with Gasteiger partial charge in [0.25, 0.3) is 5.56 Å². The maximum absolute atomic E-state index is 11.9. The van der Waals surface area contributed by atoms with E-state index in [1.54, 1.807) is 6.20 Å². The third kappa shape index (κ3) is 5.17. The summed E-state index contributed by atoms with van der Waals surface area (Å²) in [5.74, 6) is 1.53. The Kier molecular flexibility index (Phi) is 6.46. The van der Waals surface area contributed by atoms with Gasteiger partial charge >= 0.3 is 0 Å². The third-order valence-electron chi connectivity index (χ3n) is 4.82. The average Bonchev–Trinajstić information content (AvgIpc) is 2.68. The van der Waals surface area contributed by atoms with Gasteiger partial charge in [-0.05, 0) is 37.8 Å². The Morgan fingerprint density at radius 3 is 2.61 bits per heavy atom. The number of nitrogens with zero attached hydrogens (tertiary/aromatic N) is 3. The standard InChI is InChI=1S/C19H27N5O3S/c1-3-11-28(26,27)23-16-7-9-24(10-8-16)17-6-5-14(13-20-17)19-21-15(4-2)12-18(25)22-19/h5-6,12-13,16,23H,3-4,7-11H2,1-2H3,(H,21,22,25). The highest BCUT2D eigenvalue weighted by molar-refractivity contribution is 7.89. The first-order valence-electron chi connectivity index (χ1n) is 9.71. The van der Waals surface area contributed by atoms with Gasteiger partial charge in [0.1, 0.15) is 11.6 Å². The number of anilines is 1. The van der Waals surface area contributed by atoms with Crippen molar-refractivity contribution in [2.75, 3.05) is 23.7 Å². The minimum Gasteiger partial charge on any atom is -0.357 e. The average molecular weight is 406 g/mol. The van der Waals surface area contributed by atoms with Crippen LogP contribution in [0.2, 0.25) is 0 Å². The molecule has 8 nitrogen and oxygen atoms in total.